The molecule has 3 aliphatic heterocycles. The molecule has 0 amide bonds. The average Bonchev–Trinajstić information content (AvgIpc) is 2.68. The predicted molar refractivity (Wildman–Crippen MR) is 82.2 cm³/mol. The second-order valence-corrected chi connectivity index (χ2v) is 8.24. The lowest BCUT2D eigenvalue weighted by Gasteiger charge is -2.34. The van der Waals surface area contributed by atoms with Gasteiger partial charge in [0.1, 0.15) is 0 Å². The van der Waals surface area contributed by atoms with Crippen LogP contribution < -0.4 is 10.0 Å². The maximum atomic E-state index is 12.4. The molecule has 3 atom stereocenters. The van der Waals surface area contributed by atoms with Crippen LogP contribution in [0.2, 0.25) is 0 Å². The maximum Gasteiger partial charge on any atom is 0.279 e. The Kier molecular flexibility index (Phi) is 5.34. The fourth-order valence-electron chi connectivity index (χ4n) is 3.80. The average molecular weight is 324 g/mol. The first-order valence-electron chi connectivity index (χ1n) is 7.56. The molecule has 20 heavy (non-hydrogen) atoms. The summed E-state index contributed by atoms with van der Waals surface area (Å²) < 4.78 is 29.4. The van der Waals surface area contributed by atoms with Crippen molar-refractivity contribution in [2.24, 2.45) is 5.92 Å². The Labute approximate surface area is 128 Å². The molecule has 0 spiro atoms. The molecule has 5 nitrogen and oxygen atoms in total. The van der Waals surface area contributed by atoms with E-state index in [-0.39, 0.29) is 18.4 Å². The molecule has 3 aliphatic rings. The molecule has 7 heteroatoms. The van der Waals surface area contributed by atoms with E-state index in [4.69, 9.17) is 0 Å². The standard InChI is InChI=1S/C13H25N3O2S.ClH/c1-10-3-2-6-16(9-10)19(17,18)15-13-7-11-4-5-12(8-13)14-11;/h10-15H,2-9H2,1H3;1H. The summed E-state index contributed by atoms with van der Waals surface area (Å²) in [5.74, 6) is 0.481. The Morgan fingerprint density at radius 3 is 2.40 bits per heavy atom. The summed E-state index contributed by atoms with van der Waals surface area (Å²) >= 11 is 0. The Morgan fingerprint density at radius 2 is 1.80 bits per heavy atom. The monoisotopic (exact) mass is 323 g/mol. The van der Waals surface area contributed by atoms with Gasteiger partial charge in [-0.05, 0) is 44.4 Å². The van der Waals surface area contributed by atoms with E-state index in [0.29, 0.717) is 31.1 Å². The summed E-state index contributed by atoms with van der Waals surface area (Å²) in [6.45, 7) is 3.48. The summed E-state index contributed by atoms with van der Waals surface area (Å²) in [5.41, 5.74) is 0. The highest BCUT2D eigenvalue weighted by Gasteiger charge is 2.36. The SMILES string of the molecule is CC1CCCN(S(=O)(=O)NC2CC3CCC(C2)N3)C1.Cl. The van der Waals surface area contributed by atoms with Crippen molar-refractivity contribution in [3.63, 3.8) is 0 Å². The topological polar surface area (TPSA) is 61.4 Å². The number of nitrogens with one attached hydrogen (secondary N) is 2. The molecule has 3 fully saturated rings. The van der Waals surface area contributed by atoms with Gasteiger partial charge in [-0.2, -0.15) is 17.4 Å². The second-order valence-electron chi connectivity index (χ2n) is 6.53. The summed E-state index contributed by atoms with van der Waals surface area (Å²) in [5, 5.41) is 3.54. The lowest BCUT2D eigenvalue weighted by molar-refractivity contribution is 0.271. The van der Waals surface area contributed by atoms with Crippen molar-refractivity contribution in [2.45, 2.75) is 63.6 Å². The van der Waals surface area contributed by atoms with Crippen LogP contribution in [0.1, 0.15) is 45.4 Å². The Hall–Kier alpha value is 0.120. The van der Waals surface area contributed by atoms with Gasteiger partial charge in [0.05, 0.1) is 0 Å². The molecule has 3 unspecified atom stereocenters. The van der Waals surface area contributed by atoms with Gasteiger partial charge in [0, 0.05) is 31.2 Å². The molecule has 0 saturated carbocycles. The van der Waals surface area contributed by atoms with E-state index >= 15 is 0 Å². The minimum absolute atomic E-state index is 0. The number of hydrogen-bond donors (Lipinski definition) is 2. The molecule has 3 heterocycles. The normalized spacial score (nSPS) is 38.5. The van der Waals surface area contributed by atoms with Crippen molar-refractivity contribution in [3.8, 4) is 0 Å². The van der Waals surface area contributed by atoms with E-state index in [1.807, 2.05) is 0 Å². The lowest BCUT2D eigenvalue weighted by Crippen LogP contribution is -2.53. The zero-order chi connectivity index (χ0) is 13.5. The van der Waals surface area contributed by atoms with Gasteiger partial charge in [0.25, 0.3) is 10.2 Å². The van der Waals surface area contributed by atoms with Crippen molar-refractivity contribution in [1.29, 1.82) is 0 Å². The molecule has 2 bridgehead atoms. The molecule has 0 radical (unpaired) electrons. The van der Waals surface area contributed by atoms with E-state index in [1.165, 1.54) is 12.8 Å². The van der Waals surface area contributed by atoms with Crippen LogP contribution in [0.3, 0.4) is 0 Å². The zero-order valence-corrected chi connectivity index (χ0v) is 13.7. The highest BCUT2D eigenvalue weighted by molar-refractivity contribution is 7.87. The molecule has 2 N–H and O–H groups in total. The van der Waals surface area contributed by atoms with Gasteiger partial charge in [-0.1, -0.05) is 6.92 Å². The van der Waals surface area contributed by atoms with Gasteiger partial charge in [0.15, 0.2) is 0 Å². The van der Waals surface area contributed by atoms with Crippen LogP contribution >= 0.6 is 12.4 Å². The van der Waals surface area contributed by atoms with Crippen molar-refractivity contribution in [1.82, 2.24) is 14.3 Å². The molecule has 118 valence electrons. The fraction of sp³-hybridized carbons (Fsp3) is 1.00. The van der Waals surface area contributed by atoms with Gasteiger partial charge in [-0.25, -0.2) is 0 Å². The van der Waals surface area contributed by atoms with E-state index in [1.54, 1.807) is 4.31 Å². The highest BCUT2D eigenvalue weighted by Crippen LogP contribution is 2.27. The van der Waals surface area contributed by atoms with Crippen molar-refractivity contribution >= 4 is 22.6 Å². The van der Waals surface area contributed by atoms with Crippen LogP contribution in [-0.4, -0.2) is 43.9 Å². The van der Waals surface area contributed by atoms with E-state index < -0.39 is 10.2 Å². The van der Waals surface area contributed by atoms with Crippen LogP contribution in [0.15, 0.2) is 0 Å². The summed E-state index contributed by atoms with van der Waals surface area (Å²) in [6.07, 6.45) is 6.41. The smallest absolute Gasteiger partial charge is 0.279 e. The number of piperidine rings is 2. The van der Waals surface area contributed by atoms with Gasteiger partial charge >= 0.3 is 0 Å². The summed E-state index contributed by atoms with van der Waals surface area (Å²) in [6, 6.07) is 1.17. The number of hydrogen-bond acceptors (Lipinski definition) is 3. The van der Waals surface area contributed by atoms with E-state index in [2.05, 4.69) is 17.0 Å². The Bertz CT molecular complexity index is 419. The third-order valence-electron chi connectivity index (χ3n) is 4.75. The quantitative estimate of drug-likeness (QED) is 0.822. The van der Waals surface area contributed by atoms with E-state index in [0.717, 1.165) is 25.7 Å². The molecular weight excluding hydrogens is 298 g/mol. The van der Waals surface area contributed by atoms with Gasteiger partial charge in [0.2, 0.25) is 0 Å². The molecule has 3 rings (SSSR count). The number of fused-ring (bicyclic) bond motifs is 2. The van der Waals surface area contributed by atoms with Gasteiger partial charge in [-0.3, -0.25) is 0 Å². The minimum Gasteiger partial charge on any atom is -0.311 e. The van der Waals surface area contributed by atoms with Crippen molar-refractivity contribution in [3.05, 3.63) is 0 Å². The highest BCUT2D eigenvalue weighted by atomic mass is 35.5. The Morgan fingerprint density at radius 1 is 1.15 bits per heavy atom. The van der Waals surface area contributed by atoms with Crippen LogP contribution in [0.25, 0.3) is 0 Å². The summed E-state index contributed by atoms with van der Waals surface area (Å²) in [4.78, 5) is 0. The molecule has 0 aromatic rings. The first kappa shape index (κ1) is 16.5. The minimum atomic E-state index is -3.28. The second kappa shape index (κ2) is 6.48. The number of rotatable bonds is 3. The van der Waals surface area contributed by atoms with Crippen LogP contribution in [-0.2, 0) is 10.2 Å². The molecule has 0 aliphatic carbocycles. The lowest BCUT2D eigenvalue weighted by atomic mass is 10.0. The van der Waals surface area contributed by atoms with E-state index in [9.17, 15) is 8.42 Å². The molecule has 0 aromatic heterocycles. The largest absolute Gasteiger partial charge is 0.311 e. The first-order chi connectivity index (χ1) is 9.03. The molecular formula is C13H26ClN3O2S. The van der Waals surface area contributed by atoms with Gasteiger partial charge < -0.3 is 5.32 Å². The molecule has 0 aromatic carbocycles. The van der Waals surface area contributed by atoms with Gasteiger partial charge in [-0.15, -0.1) is 12.4 Å². The van der Waals surface area contributed by atoms with Crippen LogP contribution in [0.5, 0.6) is 0 Å². The predicted octanol–water partition coefficient (Wildman–Crippen LogP) is 1.26. The number of halogens is 1. The Balaban J connectivity index is 0.00000147. The third kappa shape index (κ3) is 3.65. The number of nitrogens with zero attached hydrogens (tertiary/aromatic N) is 1. The molecule has 3 saturated heterocycles. The third-order valence-corrected chi connectivity index (χ3v) is 6.39. The summed E-state index contributed by atoms with van der Waals surface area (Å²) in [7, 11) is -3.28. The fourth-order valence-corrected chi connectivity index (χ4v) is 5.39. The van der Waals surface area contributed by atoms with Crippen LogP contribution in [0, 0.1) is 5.92 Å². The zero-order valence-electron chi connectivity index (χ0n) is 12.0. The van der Waals surface area contributed by atoms with Crippen LogP contribution in [0.4, 0.5) is 0 Å². The first-order valence-corrected chi connectivity index (χ1v) is 9.00. The van der Waals surface area contributed by atoms with Crippen molar-refractivity contribution in [2.75, 3.05) is 13.1 Å². The maximum absolute atomic E-state index is 12.4. The van der Waals surface area contributed by atoms with Crippen molar-refractivity contribution < 1.29 is 8.42 Å².